The van der Waals surface area contributed by atoms with Gasteiger partial charge in [-0.3, -0.25) is 9.97 Å². The van der Waals surface area contributed by atoms with Crippen LogP contribution in [-0.4, -0.2) is 57.4 Å². The van der Waals surface area contributed by atoms with Gasteiger partial charge >= 0.3 is 7.48 Å². The summed E-state index contributed by atoms with van der Waals surface area (Å²) in [5.74, 6) is 5.32. The zero-order chi connectivity index (χ0) is 47.3. The van der Waals surface area contributed by atoms with Crippen molar-refractivity contribution in [3.8, 4) is 33.4 Å². The van der Waals surface area contributed by atoms with Crippen LogP contribution in [0.15, 0.2) is 94.2 Å². The predicted octanol–water partition coefficient (Wildman–Crippen LogP) is 12.8. The summed E-state index contributed by atoms with van der Waals surface area (Å²) in [7, 11) is 5.42. The Labute approximate surface area is 425 Å². The van der Waals surface area contributed by atoms with E-state index in [1.165, 1.54) is 68.6 Å². The summed E-state index contributed by atoms with van der Waals surface area (Å²) >= 11 is 2.40. The molecule has 2 fully saturated rings. The minimum Gasteiger partial charge on any atom is -0.450 e. The van der Waals surface area contributed by atoms with Gasteiger partial charge in [-0.05, 0) is 171 Å². The van der Waals surface area contributed by atoms with E-state index in [0.717, 1.165) is 96.5 Å². The number of imidazole rings is 2. The number of benzene rings is 4. The maximum atomic E-state index is 9.06. The van der Waals surface area contributed by atoms with E-state index in [0.29, 0.717) is 11.8 Å². The molecule has 4 aromatic carbocycles. The molecule has 0 spiro atoms. The lowest BCUT2D eigenvalue weighted by Gasteiger charge is -2.14. The maximum absolute atomic E-state index is 9.06. The van der Waals surface area contributed by atoms with Gasteiger partial charge in [0.15, 0.2) is 0 Å². The highest BCUT2D eigenvalue weighted by Gasteiger charge is 2.31. The zero-order valence-electron chi connectivity index (χ0n) is 40.4. The van der Waals surface area contributed by atoms with Crippen LogP contribution in [0, 0.1) is 45.1 Å². The monoisotopic (exact) mass is 1050 g/mol. The second-order valence-corrected chi connectivity index (χ2v) is 18.7. The van der Waals surface area contributed by atoms with Crippen molar-refractivity contribution < 1.29 is 19.5 Å². The number of hydrogen-bond acceptors (Lipinski definition) is 9. The summed E-state index contributed by atoms with van der Waals surface area (Å²) < 4.78 is 16.6. The van der Waals surface area contributed by atoms with E-state index >= 15 is 0 Å². The fourth-order valence-electron chi connectivity index (χ4n) is 9.44. The minimum atomic E-state index is 0. The number of aromatic nitrogens is 8. The summed E-state index contributed by atoms with van der Waals surface area (Å²) in [5.41, 5.74) is 18.2. The van der Waals surface area contributed by atoms with E-state index in [4.69, 9.17) is 24.0 Å². The molecule has 2 aliphatic carbocycles. The van der Waals surface area contributed by atoms with E-state index < -0.39 is 0 Å². The van der Waals surface area contributed by atoms with Gasteiger partial charge in [-0.2, -0.15) is 0 Å². The van der Waals surface area contributed by atoms with Gasteiger partial charge in [0.25, 0.3) is 0 Å². The zero-order valence-corrected chi connectivity index (χ0v) is 42.5. The Morgan fingerprint density at radius 1 is 0.600 bits per heavy atom. The van der Waals surface area contributed by atoms with E-state index in [9.17, 15) is 0 Å². The smallest absolute Gasteiger partial charge is 0.327 e. The van der Waals surface area contributed by atoms with Gasteiger partial charge in [-0.1, -0.05) is 68.8 Å². The fourth-order valence-corrected chi connectivity index (χ4v) is 10.4. The van der Waals surface area contributed by atoms with E-state index in [2.05, 4.69) is 115 Å². The molecule has 2 aliphatic rings. The van der Waals surface area contributed by atoms with Gasteiger partial charge in [-0.15, -0.1) is 0 Å². The molecule has 0 aliphatic heterocycles. The Morgan fingerprint density at radius 3 is 1.57 bits per heavy atom. The van der Waals surface area contributed by atoms with Gasteiger partial charge in [0.1, 0.15) is 23.2 Å². The van der Waals surface area contributed by atoms with Gasteiger partial charge in [0.05, 0.1) is 44.5 Å². The van der Waals surface area contributed by atoms with Gasteiger partial charge in [-0.25, -0.2) is 9.97 Å². The molecule has 6 heterocycles. The third kappa shape index (κ3) is 9.91. The molecule has 14 heteroatoms. The molecule has 363 valence electrons. The number of aryl methyl sites for hydroxylation is 8. The van der Waals surface area contributed by atoms with Crippen molar-refractivity contribution in [1.29, 1.82) is 0 Å². The molecular weight excluding hydrogens is 986 g/mol. The standard InChI is InChI=1S/C26H24N4O.C16H16IN3O.C10H9BNO.C2H6.2CH4.H2O/c1-14-7-10-21-19(6-5-11-27-21)23(14)20-12-18(24-15(2)29-31-16(24)3)13-22-25(20)30(4)26(28-22)17-8-9-17;1-8-14(9(2)21-19-8)11-6-12(17)15-13(7-11)18-16(20(15)3)10-4-5-10;1-7-4-5-9-8(10(7)11-13)3-2-6-12-9;1-2;;;/h5-7,10-13,17H,8-9H2,1-4H3;6-7,10H,4-5H2,1-3H3;2-6,13H,1H3;1-2H3;2*1H4;1H2. The third-order valence-electron chi connectivity index (χ3n) is 12.9. The lowest BCUT2D eigenvalue weighted by molar-refractivity contribution is 0.393. The van der Waals surface area contributed by atoms with Crippen molar-refractivity contribution in [1.82, 2.24) is 39.4 Å². The fraction of sp³-hybridized carbons (Fsp3) is 0.321. The van der Waals surface area contributed by atoms with Crippen LogP contribution in [0.1, 0.15) is 112 Å². The molecular formula is C56H65BIN8O4. The summed E-state index contributed by atoms with van der Waals surface area (Å²) in [6.45, 7) is 16.1. The van der Waals surface area contributed by atoms with Crippen LogP contribution in [0.5, 0.6) is 0 Å². The predicted molar refractivity (Wildman–Crippen MR) is 296 cm³/mol. The highest BCUT2D eigenvalue weighted by Crippen LogP contribution is 2.45. The normalized spacial score (nSPS) is 12.7. The van der Waals surface area contributed by atoms with Crippen molar-refractivity contribution in [2.45, 2.75) is 108 Å². The first-order valence-electron chi connectivity index (χ1n) is 23.1. The number of nitrogens with zero attached hydrogens (tertiary/aromatic N) is 8. The van der Waals surface area contributed by atoms with E-state index in [-0.39, 0.29) is 20.3 Å². The molecule has 3 N–H and O–H groups in total. The number of pyridine rings is 2. The molecule has 0 amide bonds. The summed E-state index contributed by atoms with van der Waals surface area (Å²) in [4.78, 5) is 18.8. The second kappa shape index (κ2) is 21.8. The molecule has 2 saturated carbocycles. The molecule has 12 rings (SSSR count). The minimum absolute atomic E-state index is 0. The average Bonchev–Trinajstić information content (AvgIpc) is 4.24. The molecule has 70 heavy (non-hydrogen) atoms. The molecule has 0 saturated heterocycles. The van der Waals surface area contributed by atoms with Crippen molar-refractivity contribution >= 4 is 79.4 Å². The van der Waals surface area contributed by atoms with Crippen LogP contribution in [0.25, 0.3) is 77.3 Å². The van der Waals surface area contributed by atoms with Crippen LogP contribution >= 0.6 is 22.6 Å². The SMILES string of the molecule is C.C.CC.Cc1ccc2ncccc2c1-c1cc(-c2c(C)noc2C)cc2nc(C3CC3)n(C)c12.Cc1ccc2ncccc2c1[B]O.Cc1noc(C)c1-c1cc(I)c2c(c1)nc(C1CC1)n2C.O. The molecule has 0 bridgehead atoms. The topological polar surface area (TPSA) is 165 Å². The Balaban J connectivity index is 0.000000179. The van der Waals surface area contributed by atoms with Gasteiger partial charge in [0, 0.05) is 64.0 Å². The molecule has 10 aromatic rings. The summed E-state index contributed by atoms with van der Waals surface area (Å²) in [6, 6.07) is 25.0. The van der Waals surface area contributed by atoms with Crippen LogP contribution in [0.2, 0.25) is 0 Å². The Bertz CT molecular complexity index is 3430. The highest BCUT2D eigenvalue weighted by molar-refractivity contribution is 14.1. The molecule has 12 nitrogen and oxygen atoms in total. The molecule has 0 atom stereocenters. The quantitative estimate of drug-likeness (QED) is 0.126. The second-order valence-electron chi connectivity index (χ2n) is 17.5. The first-order chi connectivity index (χ1) is 32.4. The number of halogens is 1. The van der Waals surface area contributed by atoms with Crippen molar-refractivity contribution in [2.24, 2.45) is 14.1 Å². The molecule has 6 aromatic heterocycles. The first-order valence-corrected chi connectivity index (χ1v) is 24.2. The van der Waals surface area contributed by atoms with Gasteiger partial charge in [0.2, 0.25) is 0 Å². The third-order valence-corrected chi connectivity index (χ3v) is 13.7. The maximum Gasteiger partial charge on any atom is 0.327 e. The molecule has 0 unspecified atom stereocenters. The van der Waals surface area contributed by atoms with Crippen LogP contribution in [0.3, 0.4) is 0 Å². The summed E-state index contributed by atoms with van der Waals surface area (Å²) in [5, 5.41) is 19.5. The average molecular weight is 1050 g/mol. The van der Waals surface area contributed by atoms with Crippen molar-refractivity contribution in [2.75, 3.05) is 0 Å². The number of hydrogen-bond donors (Lipinski definition) is 1. The first kappa shape index (κ1) is 53.1. The lowest BCUT2D eigenvalue weighted by Crippen LogP contribution is -2.18. The lowest BCUT2D eigenvalue weighted by atomic mass is 9.82. The van der Waals surface area contributed by atoms with Crippen LogP contribution in [0.4, 0.5) is 0 Å². The van der Waals surface area contributed by atoms with Crippen LogP contribution in [-0.2, 0) is 14.1 Å². The highest BCUT2D eigenvalue weighted by atomic mass is 127. The molecule has 1 radical (unpaired) electrons. The largest absolute Gasteiger partial charge is 0.450 e. The Morgan fingerprint density at radius 2 is 1.07 bits per heavy atom. The summed E-state index contributed by atoms with van der Waals surface area (Å²) in [6.07, 6.45) is 8.58. The number of fused-ring (bicyclic) bond motifs is 4. The number of rotatable bonds is 6. The van der Waals surface area contributed by atoms with Crippen LogP contribution < -0.4 is 5.46 Å². The van der Waals surface area contributed by atoms with Crippen molar-refractivity contribution in [3.05, 3.63) is 134 Å². The Hall–Kier alpha value is -6.23. The van der Waals surface area contributed by atoms with E-state index in [1.54, 1.807) is 6.20 Å². The van der Waals surface area contributed by atoms with Crippen molar-refractivity contribution in [3.63, 3.8) is 0 Å². The van der Waals surface area contributed by atoms with Gasteiger partial charge < -0.3 is 28.7 Å². The Kier molecular flexibility index (Phi) is 16.6. The van der Waals surface area contributed by atoms with E-state index in [1.807, 2.05) is 85.0 Å².